The number of piperazine rings is 1. The van der Waals surface area contributed by atoms with Crippen molar-refractivity contribution in [3.05, 3.63) is 71.0 Å². The number of nitrogens with zero attached hydrogens (tertiary/aromatic N) is 2. The van der Waals surface area contributed by atoms with Crippen LogP contribution in [0.3, 0.4) is 0 Å². The molecule has 2 aromatic carbocycles. The van der Waals surface area contributed by atoms with Crippen LogP contribution in [0.15, 0.2) is 48.5 Å². The van der Waals surface area contributed by atoms with Gasteiger partial charge in [0.2, 0.25) is 0 Å². The van der Waals surface area contributed by atoms with E-state index in [-0.39, 0.29) is 11.7 Å². The fourth-order valence-corrected chi connectivity index (χ4v) is 2.90. The van der Waals surface area contributed by atoms with Crippen LogP contribution < -0.4 is 0 Å². The van der Waals surface area contributed by atoms with Crippen molar-refractivity contribution in [1.82, 2.24) is 9.80 Å². The molecule has 28 heavy (non-hydrogen) atoms. The largest absolute Gasteiger partial charge is 0.416 e. The average molecular weight is 390 g/mol. The molecule has 1 aliphatic heterocycles. The van der Waals surface area contributed by atoms with Crippen molar-refractivity contribution in [2.24, 2.45) is 0 Å². The zero-order valence-electron chi connectivity index (χ0n) is 15.0. The number of carbonyl (C=O) groups excluding carboxylic acids is 1. The van der Waals surface area contributed by atoms with Crippen molar-refractivity contribution >= 4 is 5.91 Å². The first-order chi connectivity index (χ1) is 13.3. The second-order valence-electron chi connectivity index (χ2n) is 6.52. The van der Waals surface area contributed by atoms with Crippen LogP contribution in [0.25, 0.3) is 0 Å². The van der Waals surface area contributed by atoms with E-state index in [4.69, 9.17) is 0 Å². The Morgan fingerprint density at radius 1 is 0.929 bits per heavy atom. The molecule has 0 radical (unpaired) electrons. The number of benzene rings is 2. The molecular weight excluding hydrogens is 372 g/mol. The molecule has 146 valence electrons. The van der Waals surface area contributed by atoms with E-state index in [2.05, 4.69) is 16.7 Å². The van der Waals surface area contributed by atoms with E-state index in [1.165, 1.54) is 24.3 Å². The molecule has 0 bridgehead atoms. The van der Waals surface area contributed by atoms with E-state index >= 15 is 0 Å². The lowest BCUT2D eigenvalue weighted by Crippen LogP contribution is -2.47. The summed E-state index contributed by atoms with van der Waals surface area (Å²) in [7, 11) is 0. The molecule has 0 aromatic heterocycles. The second kappa shape index (κ2) is 8.44. The van der Waals surface area contributed by atoms with Crippen molar-refractivity contribution in [3.63, 3.8) is 0 Å². The lowest BCUT2D eigenvalue weighted by Gasteiger charge is -2.33. The van der Waals surface area contributed by atoms with Crippen LogP contribution in [0.5, 0.6) is 0 Å². The van der Waals surface area contributed by atoms with Gasteiger partial charge in [-0.25, -0.2) is 4.39 Å². The van der Waals surface area contributed by atoms with Crippen LogP contribution in [0.2, 0.25) is 0 Å². The molecule has 1 heterocycles. The summed E-state index contributed by atoms with van der Waals surface area (Å²) in [6.07, 6.45) is -4.39. The van der Waals surface area contributed by atoms with Crippen LogP contribution in [-0.2, 0) is 17.5 Å². The van der Waals surface area contributed by atoms with E-state index in [0.717, 1.165) is 17.7 Å². The molecule has 0 spiro atoms. The van der Waals surface area contributed by atoms with Crippen LogP contribution >= 0.6 is 0 Å². The minimum Gasteiger partial charge on any atom is -0.329 e. The third-order valence-corrected chi connectivity index (χ3v) is 4.50. The predicted octanol–water partition coefficient (Wildman–Crippen LogP) is 3.54. The maximum absolute atomic E-state index is 13.0. The smallest absolute Gasteiger partial charge is 0.329 e. The number of hydrogen-bond acceptors (Lipinski definition) is 2. The average Bonchev–Trinajstić information content (AvgIpc) is 2.68. The Labute approximate surface area is 160 Å². The Bertz CT molecular complexity index is 872. The molecule has 1 amide bonds. The molecule has 0 atom stereocenters. The lowest BCUT2D eigenvalue weighted by atomic mass is 10.1. The fourth-order valence-electron chi connectivity index (χ4n) is 2.90. The molecule has 7 heteroatoms. The molecule has 2 aromatic rings. The first-order valence-electron chi connectivity index (χ1n) is 8.76. The maximum atomic E-state index is 13.0. The zero-order valence-corrected chi connectivity index (χ0v) is 15.0. The minimum absolute atomic E-state index is 0.272. The van der Waals surface area contributed by atoms with E-state index in [0.29, 0.717) is 38.3 Å². The van der Waals surface area contributed by atoms with Gasteiger partial charge in [-0.3, -0.25) is 9.69 Å². The molecule has 0 unspecified atom stereocenters. The lowest BCUT2D eigenvalue weighted by molar-refractivity contribution is -0.137. The molecule has 3 rings (SSSR count). The highest BCUT2D eigenvalue weighted by molar-refractivity contribution is 5.94. The van der Waals surface area contributed by atoms with Crippen molar-refractivity contribution in [2.75, 3.05) is 26.2 Å². The summed E-state index contributed by atoms with van der Waals surface area (Å²) < 4.78 is 50.6. The number of alkyl halides is 3. The van der Waals surface area contributed by atoms with Crippen LogP contribution in [0.1, 0.15) is 16.7 Å². The first kappa shape index (κ1) is 19.9. The first-order valence-corrected chi connectivity index (χ1v) is 8.76. The highest BCUT2D eigenvalue weighted by Gasteiger charge is 2.29. The Kier molecular flexibility index (Phi) is 6.00. The number of amides is 1. The van der Waals surface area contributed by atoms with Gasteiger partial charge in [-0.1, -0.05) is 18.1 Å². The monoisotopic (exact) mass is 390 g/mol. The van der Waals surface area contributed by atoms with Gasteiger partial charge in [0.15, 0.2) is 0 Å². The van der Waals surface area contributed by atoms with Crippen molar-refractivity contribution in [1.29, 1.82) is 0 Å². The van der Waals surface area contributed by atoms with E-state index in [1.807, 2.05) is 0 Å². The van der Waals surface area contributed by atoms with E-state index in [9.17, 15) is 22.4 Å². The fraction of sp³-hybridized carbons (Fsp3) is 0.286. The zero-order chi connectivity index (χ0) is 20.1. The summed E-state index contributed by atoms with van der Waals surface area (Å²) >= 11 is 0. The molecule has 1 aliphatic rings. The summed E-state index contributed by atoms with van der Waals surface area (Å²) in [6, 6.07) is 10.7. The third kappa shape index (κ3) is 5.33. The topological polar surface area (TPSA) is 23.6 Å². The van der Waals surface area contributed by atoms with Gasteiger partial charge >= 0.3 is 6.18 Å². The van der Waals surface area contributed by atoms with Gasteiger partial charge in [0.1, 0.15) is 5.82 Å². The molecule has 0 saturated carbocycles. The number of carbonyl (C=O) groups is 1. The summed E-state index contributed by atoms with van der Waals surface area (Å²) in [4.78, 5) is 16.0. The Hall–Kier alpha value is -2.85. The molecule has 1 fully saturated rings. The van der Waals surface area contributed by atoms with Gasteiger partial charge in [0.05, 0.1) is 5.56 Å². The van der Waals surface area contributed by atoms with Crippen molar-refractivity contribution in [3.8, 4) is 11.8 Å². The van der Waals surface area contributed by atoms with Crippen LogP contribution in [0, 0.1) is 17.7 Å². The SMILES string of the molecule is O=C(C#Cc1ccc(C(F)(F)F)cc1)N1CCN(Cc2ccc(F)cc2)CC1. The summed E-state index contributed by atoms with van der Waals surface area (Å²) in [5.41, 5.74) is 0.612. The van der Waals surface area contributed by atoms with E-state index in [1.54, 1.807) is 17.0 Å². The molecule has 3 nitrogen and oxygen atoms in total. The standard InChI is InChI=1S/C21H18F4N2O/c22-19-8-3-17(4-9-19)15-26-11-13-27(14-12-26)20(28)10-5-16-1-6-18(7-2-16)21(23,24)25/h1-4,6-9H,11-15H2. The number of halogens is 4. The van der Waals surface area contributed by atoms with E-state index < -0.39 is 11.7 Å². The summed E-state index contributed by atoms with van der Waals surface area (Å²) in [5, 5.41) is 0. The normalized spacial score (nSPS) is 15.1. The third-order valence-electron chi connectivity index (χ3n) is 4.50. The molecule has 0 aliphatic carbocycles. The highest BCUT2D eigenvalue weighted by Crippen LogP contribution is 2.28. The minimum atomic E-state index is -4.39. The van der Waals surface area contributed by atoms with Gasteiger partial charge < -0.3 is 4.90 Å². The van der Waals surface area contributed by atoms with Gasteiger partial charge in [-0.2, -0.15) is 13.2 Å². The van der Waals surface area contributed by atoms with Crippen LogP contribution in [-0.4, -0.2) is 41.9 Å². The Balaban J connectivity index is 1.51. The summed E-state index contributed by atoms with van der Waals surface area (Å²) in [6.45, 7) is 3.05. The second-order valence-corrected chi connectivity index (χ2v) is 6.52. The molecule has 1 saturated heterocycles. The Morgan fingerprint density at radius 3 is 2.11 bits per heavy atom. The van der Waals surface area contributed by atoms with Crippen molar-refractivity contribution < 1.29 is 22.4 Å². The number of rotatable bonds is 2. The molecule has 0 N–H and O–H groups in total. The quantitative estimate of drug-likeness (QED) is 0.579. The number of hydrogen-bond donors (Lipinski definition) is 0. The van der Waals surface area contributed by atoms with Gasteiger partial charge in [0.25, 0.3) is 5.91 Å². The maximum Gasteiger partial charge on any atom is 0.416 e. The van der Waals surface area contributed by atoms with Gasteiger partial charge in [-0.15, -0.1) is 0 Å². The highest BCUT2D eigenvalue weighted by atomic mass is 19.4. The molecular formula is C21H18F4N2O. The van der Waals surface area contributed by atoms with Gasteiger partial charge in [0, 0.05) is 44.2 Å². The summed E-state index contributed by atoms with van der Waals surface area (Å²) in [5.74, 6) is 4.49. The van der Waals surface area contributed by atoms with Gasteiger partial charge in [-0.05, 0) is 42.0 Å². The predicted molar refractivity (Wildman–Crippen MR) is 96.6 cm³/mol. The Morgan fingerprint density at radius 2 is 1.54 bits per heavy atom. The van der Waals surface area contributed by atoms with Crippen LogP contribution in [0.4, 0.5) is 17.6 Å². The van der Waals surface area contributed by atoms with Crippen molar-refractivity contribution in [2.45, 2.75) is 12.7 Å².